The smallest absolute Gasteiger partial charge is 0.251 e. The first-order valence-electron chi connectivity index (χ1n) is 9.45. The quantitative estimate of drug-likeness (QED) is 0.742. The number of nitrogens with two attached hydrogens (primary N) is 1. The molecule has 25 heavy (non-hydrogen) atoms. The van der Waals surface area contributed by atoms with Crippen molar-refractivity contribution in [3.05, 3.63) is 29.8 Å². The lowest BCUT2D eigenvalue weighted by Gasteiger charge is -2.29. The van der Waals surface area contributed by atoms with Gasteiger partial charge in [-0.2, -0.15) is 0 Å². The van der Waals surface area contributed by atoms with Gasteiger partial charge in [-0.25, -0.2) is 0 Å². The normalized spacial score (nSPS) is 20.6. The Labute approximate surface area is 149 Å². The van der Waals surface area contributed by atoms with Crippen LogP contribution < -0.4 is 16.4 Å². The molecular formula is C20H29N3O2. The van der Waals surface area contributed by atoms with Crippen molar-refractivity contribution in [3.63, 3.8) is 0 Å². The molecule has 0 heterocycles. The molecular weight excluding hydrogens is 314 g/mol. The summed E-state index contributed by atoms with van der Waals surface area (Å²) in [6.07, 6.45) is 7.63. The van der Waals surface area contributed by atoms with E-state index in [0.717, 1.165) is 38.5 Å². The second kappa shape index (κ2) is 7.56. The van der Waals surface area contributed by atoms with Crippen LogP contribution in [0, 0.1) is 11.8 Å². The van der Waals surface area contributed by atoms with Crippen molar-refractivity contribution >= 4 is 17.5 Å². The Balaban J connectivity index is 1.64. The minimum absolute atomic E-state index is 0.0713. The van der Waals surface area contributed by atoms with Crippen LogP contribution in [0.5, 0.6) is 0 Å². The van der Waals surface area contributed by atoms with E-state index in [9.17, 15) is 9.59 Å². The second-order valence-corrected chi connectivity index (χ2v) is 7.75. The van der Waals surface area contributed by atoms with E-state index in [1.54, 1.807) is 12.1 Å². The first kappa shape index (κ1) is 17.9. The van der Waals surface area contributed by atoms with E-state index in [1.807, 2.05) is 19.1 Å². The summed E-state index contributed by atoms with van der Waals surface area (Å²) in [5.74, 6) is 0.507. The van der Waals surface area contributed by atoms with Gasteiger partial charge in [0, 0.05) is 23.7 Å². The summed E-state index contributed by atoms with van der Waals surface area (Å²) >= 11 is 0. The fourth-order valence-electron chi connectivity index (χ4n) is 3.72. The van der Waals surface area contributed by atoms with Crippen LogP contribution in [0.2, 0.25) is 0 Å². The number of hydrogen-bond donors (Lipinski definition) is 3. The maximum Gasteiger partial charge on any atom is 0.251 e. The van der Waals surface area contributed by atoms with E-state index in [4.69, 9.17) is 5.73 Å². The summed E-state index contributed by atoms with van der Waals surface area (Å²) in [5, 5.41) is 6.06. The van der Waals surface area contributed by atoms with E-state index in [1.165, 1.54) is 6.42 Å². The average molecular weight is 343 g/mol. The topological polar surface area (TPSA) is 84.2 Å². The third-order valence-electron chi connectivity index (χ3n) is 5.67. The highest BCUT2D eigenvalue weighted by Crippen LogP contribution is 2.39. The molecule has 3 rings (SSSR count). The molecule has 1 atom stereocenters. The van der Waals surface area contributed by atoms with Gasteiger partial charge in [0.15, 0.2) is 0 Å². The average Bonchev–Trinajstić information content (AvgIpc) is 3.48. The van der Waals surface area contributed by atoms with Crippen molar-refractivity contribution in [2.75, 3.05) is 11.9 Å². The van der Waals surface area contributed by atoms with Crippen molar-refractivity contribution in [1.29, 1.82) is 0 Å². The first-order chi connectivity index (χ1) is 12.0. The zero-order valence-electron chi connectivity index (χ0n) is 15.0. The van der Waals surface area contributed by atoms with Gasteiger partial charge in [-0.1, -0.05) is 25.3 Å². The third kappa shape index (κ3) is 4.40. The standard InChI is InChI=1S/C20H29N3O2/c1-20(13-21,16-10-11-16)23-19(25)15-8-5-9-17(12-15)22-18(24)14-6-3-2-4-7-14/h5,8-9,12,14,16H,2-4,6-7,10-11,13,21H2,1H3,(H,22,24)(H,23,25). The summed E-state index contributed by atoms with van der Waals surface area (Å²) in [6, 6.07) is 7.16. The molecule has 0 aliphatic heterocycles. The van der Waals surface area contributed by atoms with Crippen LogP contribution in [0.3, 0.4) is 0 Å². The maximum atomic E-state index is 12.6. The number of hydrogen-bond acceptors (Lipinski definition) is 3. The highest BCUT2D eigenvalue weighted by molar-refractivity contribution is 5.98. The number of anilines is 1. The predicted octanol–water partition coefficient (Wildman–Crippen LogP) is 3.06. The SMILES string of the molecule is CC(CN)(NC(=O)c1cccc(NC(=O)C2CCCCC2)c1)C1CC1. The van der Waals surface area contributed by atoms with Gasteiger partial charge in [0.25, 0.3) is 5.91 Å². The van der Waals surface area contributed by atoms with Gasteiger partial charge in [0.2, 0.25) is 5.91 Å². The van der Waals surface area contributed by atoms with E-state index < -0.39 is 0 Å². The molecule has 5 nitrogen and oxygen atoms in total. The van der Waals surface area contributed by atoms with Crippen molar-refractivity contribution < 1.29 is 9.59 Å². The van der Waals surface area contributed by atoms with Gasteiger partial charge in [0.1, 0.15) is 0 Å². The molecule has 2 aliphatic carbocycles. The molecule has 2 amide bonds. The van der Waals surface area contributed by atoms with Crippen LogP contribution in [0.1, 0.15) is 62.2 Å². The molecule has 0 aromatic heterocycles. The lowest BCUT2D eigenvalue weighted by molar-refractivity contribution is -0.120. The van der Waals surface area contributed by atoms with Crippen LogP contribution in [0.15, 0.2) is 24.3 Å². The molecule has 1 unspecified atom stereocenters. The zero-order chi connectivity index (χ0) is 17.9. The lowest BCUT2D eigenvalue weighted by atomic mass is 9.88. The minimum Gasteiger partial charge on any atom is -0.345 e. The molecule has 0 saturated heterocycles. The van der Waals surface area contributed by atoms with Crippen LogP contribution >= 0.6 is 0 Å². The Morgan fingerprint density at radius 1 is 1.16 bits per heavy atom. The van der Waals surface area contributed by atoms with Crippen molar-refractivity contribution in [2.24, 2.45) is 17.6 Å². The number of rotatable bonds is 6. The third-order valence-corrected chi connectivity index (χ3v) is 5.67. The van der Waals surface area contributed by atoms with Gasteiger partial charge < -0.3 is 16.4 Å². The second-order valence-electron chi connectivity index (χ2n) is 7.75. The molecule has 2 aliphatic rings. The fourth-order valence-corrected chi connectivity index (χ4v) is 3.72. The Kier molecular flexibility index (Phi) is 5.42. The molecule has 1 aromatic rings. The summed E-state index contributed by atoms with van der Waals surface area (Å²) in [5.41, 5.74) is 6.77. The largest absolute Gasteiger partial charge is 0.345 e. The highest BCUT2D eigenvalue weighted by atomic mass is 16.2. The van der Waals surface area contributed by atoms with Gasteiger partial charge in [-0.15, -0.1) is 0 Å². The molecule has 2 fully saturated rings. The lowest BCUT2D eigenvalue weighted by Crippen LogP contribution is -2.53. The molecule has 0 spiro atoms. The van der Waals surface area contributed by atoms with E-state index in [0.29, 0.717) is 23.7 Å². The van der Waals surface area contributed by atoms with Gasteiger partial charge >= 0.3 is 0 Å². The number of carbonyl (C=O) groups excluding carboxylic acids is 2. The van der Waals surface area contributed by atoms with Gasteiger partial charge in [-0.3, -0.25) is 9.59 Å². The summed E-state index contributed by atoms with van der Waals surface area (Å²) < 4.78 is 0. The van der Waals surface area contributed by atoms with Gasteiger partial charge in [0.05, 0.1) is 5.54 Å². The van der Waals surface area contributed by atoms with E-state index >= 15 is 0 Å². The van der Waals surface area contributed by atoms with Crippen LogP contribution in [-0.4, -0.2) is 23.9 Å². The number of nitrogens with one attached hydrogen (secondary N) is 2. The Hall–Kier alpha value is -1.88. The zero-order valence-corrected chi connectivity index (χ0v) is 15.0. The van der Waals surface area contributed by atoms with E-state index in [-0.39, 0.29) is 23.3 Å². The molecule has 5 heteroatoms. The van der Waals surface area contributed by atoms with Crippen molar-refractivity contribution in [1.82, 2.24) is 5.32 Å². The Morgan fingerprint density at radius 2 is 1.88 bits per heavy atom. The Morgan fingerprint density at radius 3 is 2.52 bits per heavy atom. The molecule has 2 saturated carbocycles. The fraction of sp³-hybridized carbons (Fsp3) is 0.600. The van der Waals surface area contributed by atoms with Crippen LogP contribution in [0.4, 0.5) is 5.69 Å². The molecule has 136 valence electrons. The maximum absolute atomic E-state index is 12.6. The van der Waals surface area contributed by atoms with Crippen molar-refractivity contribution in [2.45, 2.75) is 57.4 Å². The number of benzene rings is 1. The molecule has 0 bridgehead atoms. The molecule has 4 N–H and O–H groups in total. The minimum atomic E-state index is -0.349. The summed E-state index contributed by atoms with van der Waals surface area (Å²) in [6.45, 7) is 2.44. The first-order valence-corrected chi connectivity index (χ1v) is 9.45. The molecule has 1 aromatic carbocycles. The Bertz CT molecular complexity index is 636. The van der Waals surface area contributed by atoms with Crippen LogP contribution in [-0.2, 0) is 4.79 Å². The molecule has 0 radical (unpaired) electrons. The number of amides is 2. The summed E-state index contributed by atoms with van der Waals surface area (Å²) in [4.78, 5) is 25.0. The highest BCUT2D eigenvalue weighted by Gasteiger charge is 2.41. The van der Waals surface area contributed by atoms with Crippen LogP contribution in [0.25, 0.3) is 0 Å². The summed E-state index contributed by atoms with van der Waals surface area (Å²) in [7, 11) is 0. The number of carbonyl (C=O) groups is 2. The van der Waals surface area contributed by atoms with Crippen molar-refractivity contribution in [3.8, 4) is 0 Å². The monoisotopic (exact) mass is 343 g/mol. The predicted molar refractivity (Wildman–Crippen MR) is 99.3 cm³/mol. The van der Waals surface area contributed by atoms with Gasteiger partial charge in [-0.05, 0) is 56.7 Å². The van der Waals surface area contributed by atoms with E-state index in [2.05, 4.69) is 10.6 Å².